The molecular formula is C12H16N2O3S. The van der Waals surface area contributed by atoms with Gasteiger partial charge in [0.25, 0.3) is 10.0 Å². The van der Waals surface area contributed by atoms with Crippen molar-refractivity contribution in [2.24, 2.45) is 0 Å². The first-order valence-corrected chi connectivity index (χ1v) is 7.80. The Hall–Kier alpha value is -1.27. The van der Waals surface area contributed by atoms with Crippen LogP contribution in [0.2, 0.25) is 0 Å². The number of ether oxygens (including phenoxy) is 1. The highest BCUT2D eigenvalue weighted by molar-refractivity contribution is 7.92. The molecule has 0 bridgehead atoms. The standard InChI is InChI=1S/C12H16N2O3S/c15-18(16)8-17-12-5-4-9(7-11(12)14-18)10-3-1-2-6-13-10/h4-5,7,10,13-14H,1-3,6,8H2. The third kappa shape index (κ3) is 2.30. The third-order valence-electron chi connectivity index (χ3n) is 3.35. The molecule has 0 amide bonds. The number of sulfonamides is 1. The number of anilines is 1. The van der Waals surface area contributed by atoms with Crippen molar-refractivity contribution in [3.63, 3.8) is 0 Å². The molecule has 1 aromatic rings. The minimum Gasteiger partial charge on any atom is -0.474 e. The highest BCUT2D eigenvalue weighted by atomic mass is 32.2. The van der Waals surface area contributed by atoms with Crippen LogP contribution >= 0.6 is 0 Å². The molecule has 18 heavy (non-hydrogen) atoms. The van der Waals surface area contributed by atoms with Crippen molar-refractivity contribution in [1.29, 1.82) is 0 Å². The Bertz CT molecular complexity index is 550. The van der Waals surface area contributed by atoms with Crippen LogP contribution in [0.5, 0.6) is 5.75 Å². The lowest BCUT2D eigenvalue weighted by molar-refractivity contribution is 0.373. The quantitative estimate of drug-likeness (QED) is 0.811. The topological polar surface area (TPSA) is 67.4 Å². The Morgan fingerprint density at radius 3 is 2.94 bits per heavy atom. The Balaban J connectivity index is 1.90. The number of rotatable bonds is 1. The molecule has 0 aromatic heterocycles. The largest absolute Gasteiger partial charge is 0.474 e. The SMILES string of the molecule is O=S1(=O)COc2ccc(C3CCCCN3)cc2N1. The van der Waals surface area contributed by atoms with Gasteiger partial charge < -0.3 is 10.1 Å². The first kappa shape index (κ1) is 11.8. The second kappa shape index (κ2) is 4.44. The van der Waals surface area contributed by atoms with Crippen LogP contribution in [0.15, 0.2) is 18.2 Å². The van der Waals surface area contributed by atoms with Crippen LogP contribution in [0.25, 0.3) is 0 Å². The first-order valence-electron chi connectivity index (χ1n) is 6.15. The predicted molar refractivity (Wildman–Crippen MR) is 69.1 cm³/mol. The van der Waals surface area contributed by atoms with Crippen LogP contribution in [0.4, 0.5) is 5.69 Å². The zero-order valence-corrected chi connectivity index (χ0v) is 10.8. The van der Waals surface area contributed by atoms with Gasteiger partial charge in [0.1, 0.15) is 5.75 Å². The van der Waals surface area contributed by atoms with E-state index in [-0.39, 0.29) is 5.94 Å². The zero-order valence-electron chi connectivity index (χ0n) is 9.98. The van der Waals surface area contributed by atoms with E-state index in [1.165, 1.54) is 12.8 Å². The number of nitrogens with one attached hydrogen (secondary N) is 2. The maximum atomic E-state index is 11.4. The van der Waals surface area contributed by atoms with E-state index in [9.17, 15) is 8.42 Å². The van der Waals surface area contributed by atoms with Crippen molar-refractivity contribution < 1.29 is 13.2 Å². The van der Waals surface area contributed by atoms with Gasteiger partial charge in [0.05, 0.1) is 5.69 Å². The molecule has 1 unspecified atom stereocenters. The minimum atomic E-state index is -3.34. The fourth-order valence-electron chi connectivity index (χ4n) is 2.44. The summed E-state index contributed by atoms with van der Waals surface area (Å²) in [6, 6.07) is 6.02. The van der Waals surface area contributed by atoms with Gasteiger partial charge in [-0.15, -0.1) is 0 Å². The Morgan fingerprint density at radius 1 is 1.28 bits per heavy atom. The molecule has 2 N–H and O–H groups in total. The van der Waals surface area contributed by atoms with Gasteiger partial charge in [-0.2, -0.15) is 0 Å². The van der Waals surface area contributed by atoms with Crippen LogP contribution in [-0.2, 0) is 10.0 Å². The Labute approximate surface area is 107 Å². The molecule has 3 rings (SSSR count). The van der Waals surface area contributed by atoms with Gasteiger partial charge in [0.15, 0.2) is 0 Å². The molecule has 2 aliphatic heterocycles. The molecule has 0 radical (unpaired) electrons. The normalized spacial score (nSPS) is 25.7. The van der Waals surface area contributed by atoms with Crippen LogP contribution < -0.4 is 14.8 Å². The highest BCUT2D eigenvalue weighted by Gasteiger charge is 2.23. The average molecular weight is 268 g/mol. The summed E-state index contributed by atoms with van der Waals surface area (Å²) in [7, 11) is -3.34. The monoisotopic (exact) mass is 268 g/mol. The predicted octanol–water partition coefficient (Wildman–Crippen LogP) is 1.59. The number of fused-ring (bicyclic) bond motifs is 1. The van der Waals surface area contributed by atoms with Gasteiger partial charge in [0, 0.05) is 6.04 Å². The number of benzene rings is 1. The molecule has 0 aliphatic carbocycles. The van der Waals surface area contributed by atoms with Gasteiger partial charge in [-0.1, -0.05) is 12.5 Å². The summed E-state index contributed by atoms with van der Waals surface area (Å²) in [6.07, 6.45) is 3.50. The van der Waals surface area contributed by atoms with Crippen molar-refractivity contribution in [2.75, 3.05) is 17.2 Å². The second-order valence-corrected chi connectivity index (χ2v) is 6.41. The summed E-state index contributed by atoms with van der Waals surface area (Å²) in [6.45, 7) is 1.02. The zero-order chi connectivity index (χ0) is 12.6. The van der Waals surface area contributed by atoms with Gasteiger partial charge in [-0.05, 0) is 37.1 Å². The van der Waals surface area contributed by atoms with Crippen LogP contribution in [0.1, 0.15) is 30.9 Å². The average Bonchev–Trinajstić information content (AvgIpc) is 2.38. The Morgan fingerprint density at radius 2 is 2.17 bits per heavy atom. The third-order valence-corrected chi connectivity index (χ3v) is 4.31. The van der Waals surface area contributed by atoms with E-state index in [1.54, 1.807) is 0 Å². The number of hydrogen-bond donors (Lipinski definition) is 2. The van der Waals surface area contributed by atoms with Crippen molar-refractivity contribution in [3.05, 3.63) is 23.8 Å². The van der Waals surface area contributed by atoms with E-state index >= 15 is 0 Å². The highest BCUT2D eigenvalue weighted by Crippen LogP contribution is 2.33. The fraction of sp³-hybridized carbons (Fsp3) is 0.500. The molecule has 6 heteroatoms. The summed E-state index contributed by atoms with van der Waals surface area (Å²) in [5.41, 5.74) is 1.66. The van der Waals surface area contributed by atoms with E-state index in [2.05, 4.69) is 10.0 Å². The van der Waals surface area contributed by atoms with Crippen molar-refractivity contribution in [2.45, 2.75) is 25.3 Å². The maximum Gasteiger partial charge on any atom is 0.268 e. The molecule has 5 nitrogen and oxygen atoms in total. The number of piperidine rings is 1. The second-order valence-electron chi connectivity index (χ2n) is 4.74. The van der Waals surface area contributed by atoms with E-state index in [0.29, 0.717) is 17.5 Å². The molecule has 0 spiro atoms. The molecule has 2 heterocycles. The summed E-state index contributed by atoms with van der Waals surface area (Å²) in [5, 5.41) is 3.44. The molecule has 1 saturated heterocycles. The van der Waals surface area contributed by atoms with Crippen molar-refractivity contribution >= 4 is 15.7 Å². The molecule has 2 aliphatic rings. The van der Waals surface area contributed by atoms with Crippen LogP contribution in [0.3, 0.4) is 0 Å². The summed E-state index contributed by atoms with van der Waals surface area (Å²) < 4.78 is 30.6. The Kier molecular flexibility index (Phi) is 2.91. The first-order chi connectivity index (χ1) is 8.64. The lowest BCUT2D eigenvalue weighted by atomic mass is 9.97. The summed E-state index contributed by atoms with van der Waals surface area (Å²) in [5.74, 6) is 0.297. The smallest absolute Gasteiger partial charge is 0.268 e. The van der Waals surface area contributed by atoms with E-state index in [1.807, 2.05) is 18.2 Å². The molecular weight excluding hydrogens is 252 g/mol. The molecule has 1 atom stereocenters. The van der Waals surface area contributed by atoms with Crippen molar-refractivity contribution in [1.82, 2.24) is 5.32 Å². The molecule has 0 saturated carbocycles. The van der Waals surface area contributed by atoms with Gasteiger partial charge in [-0.3, -0.25) is 4.72 Å². The molecule has 1 fully saturated rings. The summed E-state index contributed by atoms with van der Waals surface area (Å²) in [4.78, 5) is 0. The summed E-state index contributed by atoms with van der Waals surface area (Å²) >= 11 is 0. The fourth-order valence-corrected chi connectivity index (χ4v) is 3.28. The molecule has 98 valence electrons. The van der Waals surface area contributed by atoms with E-state index in [0.717, 1.165) is 18.5 Å². The van der Waals surface area contributed by atoms with Crippen molar-refractivity contribution in [3.8, 4) is 5.75 Å². The van der Waals surface area contributed by atoms with Gasteiger partial charge in [-0.25, -0.2) is 8.42 Å². The number of hydrogen-bond acceptors (Lipinski definition) is 4. The van der Waals surface area contributed by atoms with E-state index < -0.39 is 10.0 Å². The maximum absolute atomic E-state index is 11.4. The lowest BCUT2D eigenvalue weighted by Gasteiger charge is -2.26. The minimum absolute atomic E-state index is 0.305. The van der Waals surface area contributed by atoms with E-state index in [4.69, 9.17) is 4.74 Å². The van der Waals surface area contributed by atoms with Crippen LogP contribution in [0, 0.1) is 0 Å². The van der Waals surface area contributed by atoms with Gasteiger partial charge in [0.2, 0.25) is 5.94 Å². The lowest BCUT2D eigenvalue weighted by Crippen LogP contribution is -2.28. The van der Waals surface area contributed by atoms with Gasteiger partial charge >= 0.3 is 0 Å². The molecule has 1 aromatic carbocycles. The van der Waals surface area contributed by atoms with Crippen LogP contribution in [-0.4, -0.2) is 20.9 Å².